The highest BCUT2D eigenvalue weighted by atomic mass is 35.5. The van der Waals surface area contributed by atoms with Crippen molar-refractivity contribution in [2.75, 3.05) is 13.1 Å². The van der Waals surface area contributed by atoms with Gasteiger partial charge in [0.2, 0.25) is 11.8 Å². The minimum atomic E-state index is -0.460. The molecule has 0 spiro atoms. The SMILES string of the molecule is CC(C)(C)C(=O)N1CCCC(C(=O)N(Cc2ccc(Cl)c(Cl)c2)Cc2ccccn2)C1. The zero-order valence-corrected chi connectivity index (χ0v) is 19.8. The van der Waals surface area contributed by atoms with Crippen molar-refractivity contribution in [1.82, 2.24) is 14.8 Å². The molecule has 2 aromatic rings. The maximum absolute atomic E-state index is 13.6. The monoisotopic (exact) mass is 461 g/mol. The first-order chi connectivity index (χ1) is 14.6. The van der Waals surface area contributed by atoms with E-state index in [0.717, 1.165) is 24.1 Å². The van der Waals surface area contributed by atoms with Crippen LogP contribution in [0.4, 0.5) is 0 Å². The number of aromatic nitrogens is 1. The molecule has 2 heterocycles. The highest BCUT2D eigenvalue weighted by Gasteiger charge is 2.35. The molecule has 1 aliphatic heterocycles. The van der Waals surface area contributed by atoms with Gasteiger partial charge in [0, 0.05) is 31.2 Å². The number of piperidine rings is 1. The molecular formula is C24H29Cl2N3O2. The lowest BCUT2D eigenvalue weighted by Gasteiger charge is -2.37. The van der Waals surface area contributed by atoms with E-state index in [1.54, 1.807) is 23.2 Å². The molecule has 1 aromatic heterocycles. The Kier molecular flexibility index (Phi) is 7.60. The smallest absolute Gasteiger partial charge is 0.228 e. The molecule has 1 aliphatic rings. The summed E-state index contributed by atoms with van der Waals surface area (Å²) in [4.78, 5) is 34.4. The van der Waals surface area contributed by atoms with Crippen LogP contribution in [0.1, 0.15) is 44.9 Å². The van der Waals surface area contributed by atoms with E-state index in [9.17, 15) is 9.59 Å². The predicted molar refractivity (Wildman–Crippen MR) is 124 cm³/mol. The van der Waals surface area contributed by atoms with Crippen molar-refractivity contribution in [3.8, 4) is 0 Å². The van der Waals surface area contributed by atoms with Crippen LogP contribution < -0.4 is 0 Å². The molecule has 166 valence electrons. The van der Waals surface area contributed by atoms with Gasteiger partial charge in [-0.1, -0.05) is 56.1 Å². The zero-order valence-electron chi connectivity index (χ0n) is 18.3. The van der Waals surface area contributed by atoms with Gasteiger partial charge >= 0.3 is 0 Å². The highest BCUT2D eigenvalue weighted by molar-refractivity contribution is 6.42. The number of hydrogen-bond acceptors (Lipinski definition) is 3. The highest BCUT2D eigenvalue weighted by Crippen LogP contribution is 2.27. The first-order valence-corrected chi connectivity index (χ1v) is 11.3. The second-order valence-corrected chi connectivity index (χ2v) is 9.92. The largest absolute Gasteiger partial charge is 0.341 e. The van der Waals surface area contributed by atoms with Crippen molar-refractivity contribution in [1.29, 1.82) is 0 Å². The molecule has 5 nitrogen and oxygen atoms in total. The molecule has 31 heavy (non-hydrogen) atoms. The van der Waals surface area contributed by atoms with Crippen molar-refractivity contribution in [2.24, 2.45) is 11.3 Å². The average Bonchev–Trinajstić information content (AvgIpc) is 2.75. The van der Waals surface area contributed by atoms with Crippen LogP contribution in [0.25, 0.3) is 0 Å². The van der Waals surface area contributed by atoms with Crippen LogP contribution in [0.3, 0.4) is 0 Å². The molecule has 1 aromatic carbocycles. The van der Waals surface area contributed by atoms with Crippen molar-refractivity contribution in [3.05, 3.63) is 63.9 Å². The summed E-state index contributed by atoms with van der Waals surface area (Å²) >= 11 is 12.2. The Morgan fingerprint density at radius 2 is 1.90 bits per heavy atom. The number of nitrogens with zero attached hydrogens (tertiary/aromatic N) is 3. The van der Waals surface area contributed by atoms with Gasteiger partial charge < -0.3 is 9.80 Å². The molecule has 0 N–H and O–H groups in total. The Morgan fingerprint density at radius 1 is 1.13 bits per heavy atom. The molecule has 1 fully saturated rings. The fraction of sp³-hybridized carbons (Fsp3) is 0.458. The molecule has 2 amide bonds. The number of carbonyl (C=O) groups excluding carboxylic acids is 2. The molecule has 0 aliphatic carbocycles. The quantitative estimate of drug-likeness (QED) is 0.614. The lowest BCUT2D eigenvalue weighted by molar-refractivity contribution is -0.146. The van der Waals surface area contributed by atoms with E-state index in [2.05, 4.69) is 4.98 Å². The first kappa shape index (κ1) is 23.6. The van der Waals surface area contributed by atoms with E-state index < -0.39 is 5.41 Å². The molecule has 0 saturated carbocycles. The van der Waals surface area contributed by atoms with Crippen LogP contribution >= 0.6 is 23.2 Å². The molecular weight excluding hydrogens is 433 g/mol. The van der Waals surface area contributed by atoms with Crippen molar-refractivity contribution >= 4 is 35.0 Å². The molecule has 7 heteroatoms. The number of pyridine rings is 1. The van der Waals surface area contributed by atoms with Gasteiger partial charge in [0.1, 0.15) is 0 Å². The van der Waals surface area contributed by atoms with Crippen LogP contribution in [0, 0.1) is 11.3 Å². The lowest BCUT2D eigenvalue weighted by atomic mass is 9.90. The summed E-state index contributed by atoms with van der Waals surface area (Å²) in [5.74, 6) is -0.111. The van der Waals surface area contributed by atoms with Gasteiger partial charge in [0.05, 0.1) is 28.2 Å². The fourth-order valence-corrected chi connectivity index (χ4v) is 4.17. The van der Waals surface area contributed by atoms with Crippen LogP contribution in [-0.4, -0.2) is 39.7 Å². The molecule has 1 saturated heterocycles. The molecule has 3 rings (SSSR count). The van der Waals surface area contributed by atoms with Gasteiger partial charge in [-0.15, -0.1) is 0 Å². The van der Waals surface area contributed by atoms with Crippen LogP contribution in [0.15, 0.2) is 42.6 Å². The zero-order chi connectivity index (χ0) is 22.6. The summed E-state index contributed by atoms with van der Waals surface area (Å²) in [6.45, 7) is 7.69. The normalized spacial score (nSPS) is 16.8. The maximum atomic E-state index is 13.6. The first-order valence-electron chi connectivity index (χ1n) is 10.6. The minimum absolute atomic E-state index is 0.0307. The number of halogens is 2. The fourth-order valence-electron chi connectivity index (χ4n) is 3.85. The standard InChI is InChI=1S/C24H29Cl2N3O2/c1-24(2,3)23(31)28-12-6-7-18(15-28)22(30)29(16-19-8-4-5-11-27-19)14-17-9-10-20(25)21(26)13-17/h4-5,8-11,13,18H,6-7,12,14-16H2,1-3H3. The Morgan fingerprint density at radius 3 is 2.55 bits per heavy atom. The second kappa shape index (κ2) is 10.0. The number of hydrogen-bond donors (Lipinski definition) is 0. The molecule has 0 bridgehead atoms. The van der Waals surface area contributed by atoms with Crippen molar-refractivity contribution < 1.29 is 9.59 Å². The summed E-state index contributed by atoms with van der Waals surface area (Å²) < 4.78 is 0. The van der Waals surface area contributed by atoms with Gasteiger partial charge in [-0.25, -0.2) is 0 Å². The molecule has 1 atom stereocenters. The topological polar surface area (TPSA) is 53.5 Å². The van der Waals surface area contributed by atoms with Gasteiger partial charge in [-0.2, -0.15) is 0 Å². The van der Waals surface area contributed by atoms with Gasteiger partial charge in [0.25, 0.3) is 0 Å². The summed E-state index contributed by atoms with van der Waals surface area (Å²) in [5.41, 5.74) is 1.25. The lowest BCUT2D eigenvalue weighted by Crippen LogP contribution is -2.49. The van der Waals surface area contributed by atoms with Crippen LogP contribution in [0.5, 0.6) is 0 Å². The van der Waals surface area contributed by atoms with Crippen molar-refractivity contribution in [3.63, 3.8) is 0 Å². The average molecular weight is 462 g/mol. The van der Waals surface area contributed by atoms with Gasteiger partial charge in [0.15, 0.2) is 0 Å². The number of likely N-dealkylation sites (tertiary alicyclic amines) is 1. The maximum Gasteiger partial charge on any atom is 0.228 e. The van der Waals surface area contributed by atoms with E-state index in [1.807, 2.05) is 49.9 Å². The summed E-state index contributed by atoms with van der Waals surface area (Å²) in [7, 11) is 0. The predicted octanol–water partition coefficient (Wildman–Crippen LogP) is 5.20. The van der Waals surface area contributed by atoms with Crippen molar-refractivity contribution in [2.45, 2.75) is 46.7 Å². The third kappa shape index (κ3) is 6.20. The Labute approximate surface area is 194 Å². The van der Waals surface area contributed by atoms with E-state index in [0.29, 0.717) is 36.2 Å². The van der Waals surface area contributed by atoms with Gasteiger partial charge in [-0.05, 0) is 42.7 Å². The Bertz CT molecular complexity index is 928. The van der Waals surface area contributed by atoms with E-state index in [1.165, 1.54) is 0 Å². The number of benzene rings is 1. The molecule has 0 radical (unpaired) electrons. The molecule has 1 unspecified atom stereocenters. The second-order valence-electron chi connectivity index (χ2n) is 9.10. The summed E-state index contributed by atoms with van der Waals surface area (Å²) in [6.07, 6.45) is 3.32. The third-order valence-electron chi connectivity index (χ3n) is 5.45. The number of carbonyl (C=O) groups is 2. The van der Waals surface area contributed by atoms with E-state index >= 15 is 0 Å². The van der Waals surface area contributed by atoms with E-state index in [-0.39, 0.29) is 17.7 Å². The van der Waals surface area contributed by atoms with E-state index in [4.69, 9.17) is 23.2 Å². The Hall–Kier alpha value is -2.11. The summed E-state index contributed by atoms with van der Waals surface area (Å²) in [6, 6.07) is 11.1. The Balaban J connectivity index is 1.80. The third-order valence-corrected chi connectivity index (χ3v) is 6.19. The van der Waals surface area contributed by atoms with Crippen LogP contribution in [-0.2, 0) is 22.7 Å². The number of rotatable bonds is 5. The van der Waals surface area contributed by atoms with Gasteiger partial charge in [-0.3, -0.25) is 14.6 Å². The minimum Gasteiger partial charge on any atom is -0.341 e. The number of amides is 2. The van der Waals surface area contributed by atoms with Crippen LogP contribution in [0.2, 0.25) is 10.0 Å². The summed E-state index contributed by atoms with van der Waals surface area (Å²) in [5, 5.41) is 0.945.